The van der Waals surface area contributed by atoms with Gasteiger partial charge in [0, 0.05) is 69.2 Å². The van der Waals surface area contributed by atoms with E-state index < -0.39 is 107 Å². The SMILES string of the molecule is C=C1CC[C@H]([C@@H](C)/C(=N/O)C(C)C)[C@](C)(O)[C@@H](CC)OC(=O)[C@H](C)C(O[C@H]2C[C@@](C)(OC)[C@@H](O)[C@H](C)O2)[C@H](C)[C@@H](O[C@@H]2O[C@H](C)C[C@H](N(C)CCc3cn(CCc4ccc([N+](=O)[O-])cc4)nn3)[C@H]2O)C(C)(C)OC1. The highest BCUT2D eigenvalue weighted by atomic mass is 16.7. The van der Waals surface area contributed by atoms with E-state index in [9.17, 15) is 35.4 Å². The number of cyclic esters (lactones) is 1. The van der Waals surface area contributed by atoms with Gasteiger partial charge in [0.15, 0.2) is 12.6 Å². The number of oxime groups is 1. The summed E-state index contributed by atoms with van der Waals surface area (Å²) in [6.45, 7) is 27.7. The number of ether oxygens (including phenoxy) is 7. The van der Waals surface area contributed by atoms with Crippen molar-refractivity contribution < 1.29 is 63.4 Å². The molecule has 20 heteroatoms. The maximum absolute atomic E-state index is 14.8. The van der Waals surface area contributed by atoms with E-state index in [2.05, 4.69) is 26.9 Å². The van der Waals surface area contributed by atoms with Crippen LogP contribution < -0.4 is 0 Å². The number of likely N-dealkylation sites (N-methyl/N-ethyl adjacent to an activating group) is 1. The largest absolute Gasteiger partial charge is 0.459 e. The number of nitro groups is 1. The van der Waals surface area contributed by atoms with E-state index >= 15 is 0 Å². The van der Waals surface area contributed by atoms with Gasteiger partial charge in [-0.3, -0.25) is 19.6 Å². The van der Waals surface area contributed by atoms with Crippen molar-refractivity contribution in [2.24, 2.45) is 34.7 Å². The summed E-state index contributed by atoms with van der Waals surface area (Å²) in [5, 5.41) is 69.6. The van der Waals surface area contributed by atoms with Crippen molar-refractivity contribution >= 4 is 17.4 Å². The van der Waals surface area contributed by atoms with E-state index in [1.807, 2.05) is 68.6 Å². The molecule has 3 aliphatic heterocycles. The summed E-state index contributed by atoms with van der Waals surface area (Å²) < 4.78 is 47.5. The van der Waals surface area contributed by atoms with Crippen LogP contribution in [0.15, 0.2) is 47.8 Å². The van der Waals surface area contributed by atoms with Gasteiger partial charge in [-0.1, -0.05) is 69.3 Å². The number of aryl methyl sites for hydroxylation is 2. The fourth-order valence-corrected chi connectivity index (χ4v) is 11.4. The summed E-state index contributed by atoms with van der Waals surface area (Å²) in [7, 11) is 3.46. The van der Waals surface area contributed by atoms with Crippen LogP contribution >= 0.6 is 0 Å². The number of rotatable bonds is 17. The lowest BCUT2D eigenvalue weighted by molar-refractivity contribution is -0.384. The molecule has 0 bridgehead atoms. The number of aliphatic hydroxyl groups is 3. The molecule has 1 aromatic heterocycles. The molecule has 20 nitrogen and oxygen atoms in total. The highest BCUT2D eigenvalue weighted by Crippen LogP contribution is 2.42. The highest BCUT2D eigenvalue weighted by Gasteiger charge is 2.52. The number of aliphatic hydroxyl groups excluding tert-OH is 2. The monoisotopic (exact) mass is 1040 g/mol. The second kappa shape index (κ2) is 25.9. The third-order valence-corrected chi connectivity index (χ3v) is 16.1. The first kappa shape index (κ1) is 60.9. The summed E-state index contributed by atoms with van der Waals surface area (Å²) in [5.41, 5.74) is -0.799. The van der Waals surface area contributed by atoms with Gasteiger partial charge in [0.05, 0.1) is 64.5 Å². The summed E-state index contributed by atoms with van der Waals surface area (Å²) in [6.07, 6.45) is -3.40. The lowest BCUT2D eigenvalue weighted by atomic mass is 9.70. The van der Waals surface area contributed by atoms with Gasteiger partial charge in [-0.05, 0) is 105 Å². The number of aromatic nitrogens is 3. The molecule has 0 spiro atoms. The molecule has 1 unspecified atom stereocenters. The van der Waals surface area contributed by atoms with Crippen LogP contribution in [-0.4, -0.2) is 162 Å². The van der Waals surface area contributed by atoms with Gasteiger partial charge in [-0.25, -0.2) is 0 Å². The van der Waals surface area contributed by atoms with Crippen molar-refractivity contribution in [3.63, 3.8) is 0 Å². The molecule has 2 aromatic rings. The summed E-state index contributed by atoms with van der Waals surface area (Å²) in [4.78, 5) is 27.5. The van der Waals surface area contributed by atoms with Crippen LogP contribution in [0.1, 0.15) is 126 Å². The zero-order valence-corrected chi connectivity index (χ0v) is 46.4. The lowest BCUT2D eigenvalue weighted by Crippen LogP contribution is -2.60. The first-order valence-corrected chi connectivity index (χ1v) is 26.5. The molecule has 0 saturated carbocycles. The van der Waals surface area contributed by atoms with Crippen molar-refractivity contribution in [1.29, 1.82) is 0 Å². The average molecular weight is 1050 g/mol. The quantitative estimate of drug-likeness (QED) is 0.0322. The fraction of sp³-hybridized carbons (Fsp3) is 0.778. The van der Waals surface area contributed by atoms with Crippen LogP contribution in [0.2, 0.25) is 0 Å². The average Bonchev–Trinajstić information content (AvgIpc) is 3.81. The first-order chi connectivity index (χ1) is 34.7. The van der Waals surface area contributed by atoms with Crippen LogP contribution in [0.3, 0.4) is 0 Å². The number of hydrogen-bond acceptors (Lipinski definition) is 18. The van der Waals surface area contributed by atoms with Gasteiger partial charge in [-0.2, -0.15) is 0 Å². The Labute approximate surface area is 438 Å². The smallest absolute Gasteiger partial charge is 0.311 e. The molecule has 3 saturated heterocycles. The van der Waals surface area contributed by atoms with Crippen LogP contribution in [-0.2, 0) is 57.3 Å². The van der Waals surface area contributed by atoms with Gasteiger partial charge in [-0.15, -0.1) is 5.10 Å². The molecule has 1 aromatic carbocycles. The molecule has 418 valence electrons. The van der Waals surface area contributed by atoms with E-state index in [0.29, 0.717) is 50.9 Å². The third-order valence-electron chi connectivity index (χ3n) is 16.1. The minimum atomic E-state index is -1.59. The number of carbonyl (C=O) groups is 1. The topological polar surface area (TPSA) is 252 Å². The minimum Gasteiger partial charge on any atom is -0.459 e. The second-order valence-electron chi connectivity index (χ2n) is 22.5. The van der Waals surface area contributed by atoms with Gasteiger partial charge in [0.2, 0.25) is 0 Å². The predicted molar refractivity (Wildman–Crippen MR) is 276 cm³/mol. The highest BCUT2D eigenvalue weighted by molar-refractivity contribution is 5.88. The van der Waals surface area contributed by atoms with E-state index in [4.69, 9.17) is 33.2 Å². The number of esters is 1. The Kier molecular flexibility index (Phi) is 21.3. The molecule has 74 heavy (non-hydrogen) atoms. The van der Waals surface area contributed by atoms with Crippen LogP contribution in [0.4, 0.5) is 5.69 Å². The maximum Gasteiger partial charge on any atom is 0.311 e. The molecule has 0 radical (unpaired) electrons. The molecule has 0 amide bonds. The number of non-ortho nitro benzene ring substituents is 1. The second-order valence-corrected chi connectivity index (χ2v) is 22.5. The fourth-order valence-electron chi connectivity index (χ4n) is 11.4. The Morgan fingerprint density at radius 2 is 1.74 bits per heavy atom. The van der Waals surface area contributed by atoms with Gasteiger partial charge < -0.3 is 58.6 Å². The van der Waals surface area contributed by atoms with Crippen LogP contribution in [0, 0.1) is 39.7 Å². The number of methoxy groups -OCH3 is 1. The molecule has 16 atom stereocenters. The Hall–Kier alpha value is -3.96. The molecule has 5 rings (SSSR count). The van der Waals surface area contributed by atoms with Gasteiger partial charge in [0.25, 0.3) is 5.69 Å². The normalized spacial score (nSPS) is 35.5. The van der Waals surface area contributed by atoms with E-state index in [0.717, 1.165) is 16.8 Å². The molecular formula is C54H88N6O14. The number of hydrogen-bond donors (Lipinski definition) is 4. The van der Waals surface area contributed by atoms with E-state index in [-0.39, 0.29) is 37.2 Å². The minimum absolute atomic E-state index is 0.0403. The molecule has 0 aliphatic carbocycles. The molecule has 3 fully saturated rings. The molecule has 3 aliphatic rings. The Morgan fingerprint density at radius 3 is 2.35 bits per heavy atom. The van der Waals surface area contributed by atoms with Crippen molar-refractivity contribution in [2.45, 2.75) is 213 Å². The van der Waals surface area contributed by atoms with E-state index in [1.54, 1.807) is 44.5 Å². The molecular weight excluding hydrogens is 957 g/mol. The number of nitrogens with zero attached hydrogens (tertiary/aromatic N) is 6. The molecule has 4 heterocycles. The van der Waals surface area contributed by atoms with Crippen molar-refractivity contribution in [2.75, 3.05) is 27.3 Å². The number of nitro benzene ring substituents is 1. The first-order valence-electron chi connectivity index (χ1n) is 26.5. The van der Waals surface area contributed by atoms with Gasteiger partial charge in [0.1, 0.15) is 23.9 Å². The Balaban J connectivity index is 1.45. The van der Waals surface area contributed by atoms with Crippen molar-refractivity contribution in [1.82, 2.24) is 19.9 Å². The van der Waals surface area contributed by atoms with Crippen molar-refractivity contribution in [3.05, 3.63) is 64.0 Å². The van der Waals surface area contributed by atoms with Crippen molar-refractivity contribution in [3.8, 4) is 0 Å². The Bertz CT molecular complexity index is 2170. The number of carbonyl (C=O) groups excluding carboxylic acids is 1. The zero-order chi connectivity index (χ0) is 55.0. The lowest BCUT2D eigenvalue weighted by Gasteiger charge is -2.49. The third kappa shape index (κ3) is 14.7. The predicted octanol–water partition coefficient (Wildman–Crippen LogP) is 6.67. The molecule has 4 N–H and O–H groups in total. The van der Waals surface area contributed by atoms with Crippen LogP contribution in [0.5, 0.6) is 0 Å². The standard InChI is InChI=1S/C54H88N6O14/c1-16-43-54(13,64)41(34(6)45(56-65)31(2)3)22-17-32(4)30-69-52(10,11)49(35(7)47(36(8)50(63)72-43)73-44-28-53(12,68-15)48(62)37(9)71-44)74-51-46(61)42(27-33(5)70-51)58(14)25-24-39-29-59(57-55-39)26-23-38-18-20-40(21-19-38)60(66)67/h18-21,29,31,33-37,41-44,46-49,51,61-62,64-65H,4,16-17,22-28,30H2,1-3,5-15H3/b56-45+/t33-,34-,35+,36-,37+,41-,42+,43-,44+,46-,47?,48+,49-,51+,53-,54+/m1/s1. The maximum atomic E-state index is 14.8. The summed E-state index contributed by atoms with van der Waals surface area (Å²) in [6, 6.07) is 6.05. The van der Waals surface area contributed by atoms with Gasteiger partial charge >= 0.3 is 5.97 Å². The van der Waals surface area contributed by atoms with Crippen LogP contribution in [0.25, 0.3) is 0 Å². The Morgan fingerprint density at radius 1 is 1.07 bits per heavy atom. The number of benzene rings is 1. The summed E-state index contributed by atoms with van der Waals surface area (Å²) in [5.74, 6) is -3.43. The summed E-state index contributed by atoms with van der Waals surface area (Å²) >= 11 is 0. The zero-order valence-electron chi connectivity index (χ0n) is 46.4. The van der Waals surface area contributed by atoms with E-state index in [1.165, 1.54) is 19.2 Å².